The van der Waals surface area contributed by atoms with Crippen LogP contribution in [0.25, 0.3) is 0 Å². The number of rotatable bonds is 6. The second-order valence-electron chi connectivity index (χ2n) is 7.82. The molecule has 2 aromatic heterocycles. The number of aromatic nitrogens is 3. The average molecular weight is 440 g/mol. The van der Waals surface area contributed by atoms with Crippen LogP contribution in [0.2, 0.25) is 0 Å². The van der Waals surface area contributed by atoms with Gasteiger partial charge in [0.2, 0.25) is 10.0 Å². The largest absolute Gasteiger partial charge is 0.305 e. The molecule has 3 heterocycles. The number of carbonyl (C=O) groups excluding carboxylic acids is 1. The Hall–Kier alpha value is -3.04. The van der Waals surface area contributed by atoms with Crippen LogP contribution in [-0.4, -0.2) is 46.5 Å². The van der Waals surface area contributed by atoms with Crippen molar-refractivity contribution in [2.75, 3.05) is 18.4 Å². The first-order chi connectivity index (χ1) is 14.9. The van der Waals surface area contributed by atoms with E-state index in [9.17, 15) is 13.2 Å². The minimum absolute atomic E-state index is 0.209. The molecule has 0 radical (unpaired) electrons. The van der Waals surface area contributed by atoms with E-state index >= 15 is 0 Å². The molecule has 1 N–H and O–H groups in total. The van der Waals surface area contributed by atoms with E-state index in [-0.39, 0.29) is 10.8 Å². The third kappa shape index (κ3) is 5.00. The number of benzene rings is 1. The van der Waals surface area contributed by atoms with Crippen LogP contribution in [0.3, 0.4) is 0 Å². The van der Waals surface area contributed by atoms with Gasteiger partial charge in [-0.05, 0) is 60.7 Å². The molecule has 0 saturated carbocycles. The zero-order valence-electron chi connectivity index (χ0n) is 17.3. The Kier molecular flexibility index (Phi) is 6.15. The molecular formula is C22H25N5O3S. The molecule has 0 aliphatic carbocycles. The van der Waals surface area contributed by atoms with E-state index in [0.29, 0.717) is 36.9 Å². The zero-order valence-corrected chi connectivity index (χ0v) is 18.1. The highest BCUT2D eigenvalue weighted by Crippen LogP contribution is 2.23. The van der Waals surface area contributed by atoms with Crippen LogP contribution in [-0.2, 0) is 16.6 Å². The predicted molar refractivity (Wildman–Crippen MR) is 117 cm³/mol. The molecule has 162 valence electrons. The van der Waals surface area contributed by atoms with Crippen molar-refractivity contribution in [3.63, 3.8) is 0 Å². The molecular weight excluding hydrogens is 414 g/mol. The van der Waals surface area contributed by atoms with Gasteiger partial charge >= 0.3 is 0 Å². The fraction of sp³-hybridized carbons (Fsp3) is 0.318. The zero-order chi connectivity index (χ0) is 21.8. The number of amides is 1. The molecule has 1 fully saturated rings. The number of carbonyl (C=O) groups is 1. The van der Waals surface area contributed by atoms with Gasteiger partial charge in [0.1, 0.15) is 0 Å². The summed E-state index contributed by atoms with van der Waals surface area (Å²) in [6.07, 6.45) is 6.96. The summed E-state index contributed by atoms with van der Waals surface area (Å²) in [5.41, 5.74) is 1.42. The number of anilines is 1. The van der Waals surface area contributed by atoms with Crippen LogP contribution < -0.4 is 5.32 Å². The summed E-state index contributed by atoms with van der Waals surface area (Å²) in [6.45, 7) is 3.78. The van der Waals surface area contributed by atoms with Crippen LogP contribution in [0.5, 0.6) is 0 Å². The van der Waals surface area contributed by atoms with Gasteiger partial charge in [-0.15, -0.1) is 0 Å². The monoisotopic (exact) mass is 439 g/mol. The SMILES string of the molecule is CC1CCN(S(=O)(=O)c2ccc(C(=O)Nc3ccn(Cc4ccncc4)n3)cc2)CC1. The smallest absolute Gasteiger partial charge is 0.256 e. The van der Waals surface area contributed by atoms with E-state index in [1.54, 1.807) is 29.3 Å². The van der Waals surface area contributed by atoms with Crippen molar-refractivity contribution in [1.82, 2.24) is 19.1 Å². The van der Waals surface area contributed by atoms with Gasteiger partial charge in [0.15, 0.2) is 5.82 Å². The summed E-state index contributed by atoms with van der Waals surface area (Å²) in [4.78, 5) is 16.7. The topological polar surface area (TPSA) is 97.2 Å². The van der Waals surface area contributed by atoms with E-state index in [1.165, 1.54) is 28.6 Å². The maximum Gasteiger partial charge on any atom is 0.256 e. The van der Waals surface area contributed by atoms with Crippen molar-refractivity contribution in [1.29, 1.82) is 0 Å². The van der Waals surface area contributed by atoms with E-state index in [1.807, 2.05) is 12.1 Å². The summed E-state index contributed by atoms with van der Waals surface area (Å²) in [5.74, 6) is 0.633. The second-order valence-corrected chi connectivity index (χ2v) is 9.76. The van der Waals surface area contributed by atoms with Crippen LogP contribution in [0.1, 0.15) is 35.7 Å². The van der Waals surface area contributed by atoms with Crippen molar-refractivity contribution < 1.29 is 13.2 Å². The van der Waals surface area contributed by atoms with Gasteiger partial charge in [-0.2, -0.15) is 9.40 Å². The summed E-state index contributed by atoms with van der Waals surface area (Å²) in [7, 11) is -3.53. The third-order valence-corrected chi connectivity index (χ3v) is 7.39. The quantitative estimate of drug-likeness (QED) is 0.637. The maximum atomic E-state index is 12.8. The molecule has 0 bridgehead atoms. The Labute approximate surface area is 182 Å². The first kappa shape index (κ1) is 21.2. The van der Waals surface area contributed by atoms with Crippen molar-refractivity contribution in [2.24, 2.45) is 5.92 Å². The Morgan fingerprint density at radius 2 is 1.74 bits per heavy atom. The molecule has 9 heteroatoms. The lowest BCUT2D eigenvalue weighted by atomic mass is 10.0. The molecule has 1 saturated heterocycles. The van der Waals surface area contributed by atoms with Crippen molar-refractivity contribution in [3.8, 4) is 0 Å². The molecule has 1 aliphatic rings. The van der Waals surface area contributed by atoms with Gasteiger partial charge in [0.25, 0.3) is 5.91 Å². The molecule has 1 aromatic carbocycles. The van der Waals surface area contributed by atoms with E-state index in [2.05, 4.69) is 22.3 Å². The fourth-order valence-corrected chi connectivity index (χ4v) is 5.00. The summed E-state index contributed by atoms with van der Waals surface area (Å²) in [5, 5.41) is 7.10. The highest BCUT2D eigenvalue weighted by molar-refractivity contribution is 7.89. The Morgan fingerprint density at radius 1 is 1.06 bits per heavy atom. The lowest BCUT2D eigenvalue weighted by Gasteiger charge is -2.29. The minimum Gasteiger partial charge on any atom is -0.305 e. The van der Waals surface area contributed by atoms with Gasteiger partial charge in [-0.3, -0.25) is 14.5 Å². The number of sulfonamides is 1. The molecule has 4 rings (SSSR count). The number of hydrogen-bond donors (Lipinski definition) is 1. The molecule has 3 aromatic rings. The van der Waals surface area contributed by atoms with Crippen LogP contribution in [0.4, 0.5) is 5.82 Å². The number of hydrogen-bond acceptors (Lipinski definition) is 5. The summed E-state index contributed by atoms with van der Waals surface area (Å²) >= 11 is 0. The van der Waals surface area contributed by atoms with Gasteiger partial charge < -0.3 is 5.32 Å². The molecule has 1 amide bonds. The van der Waals surface area contributed by atoms with Gasteiger partial charge in [-0.25, -0.2) is 8.42 Å². The highest BCUT2D eigenvalue weighted by Gasteiger charge is 2.28. The lowest BCUT2D eigenvalue weighted by molar-refractivity contribution is 0.102. The number of piperidine rings is 1. The number of nitrogens with one attached hydrogen (secondary N) is 1. The van der Waals surface area contributed by atoms with E-state index in [0.717, 1.165) is 18.4 Å². The van der Waals surface area contributed by atoms with Gasteiger partial charge in [0.05, 0.1) is 11.4 Å². The lowest BCUT2D eigenvalue weighted by Crippen LogP contribution is -2.37. The van der Waals surface area contributed by atoms with Crippen molar-refractivity contribution in [2.45, 2.75) is 31.2 Å². The second kappa shape index (κ2) is 8.99. The predicted octanol–water partition coefficient (Wildman–Crippen LogP) is 3.00. The third-order valence-electron chi connectivity index (χ3n) is 5.47. The molecule has 0 spiro atoms. The standard InChI is InChI=1S/C22H25N5O3S/c1-17-8-14-27(15-9-17)31(29,30)20-4-2-19(3-5-20)22(28)24-21-10-13-26(25-21)16-18-6-11-23-12-7-18/h2-7,10-13,17H,8-9,14-16H2,1H3,(H,24,25,28). The Morgan fingerprint density at radius 3 is 2.42 bits per heavy atom. The molecule has 8 nitrogen and oxygen atoms in total. The molecule has 1 aliphatic heterocycles. The number of pyridine rings is 1. The summed E-state index contributed by atoms with van der Waals surface area (Å²) in [6, 6.07) is 11.6. The Bertz CT molecular complexity index is 1140. The average Bonchev–Trinajstić information content (AvgIpc) is 3.21. The van der Waals surface area contributed by atoms with E-state index < -0.39 is 10.0 Å². The van der Waals surface area contributed by atoms with Crippen molar-refractivity contribution >= 4 is 21.7 Å². The van der Waals surface area contributed by atoms with Crippen LogP contribution >= 0.6 is 0 Å². The fourth-order valence-electron chi connectivity index (χ4n) is 3.53. The molecule has 0 unspecified atom stereocenters. The molecule has 31 heavy (non-hydrogen) atoms. The number of nitrogens with zero attached hydrogens (tertiary/aromatic N) is 4. The first-order valence-electron chi connectivity index (χ1n) is 10.3. The van der Waals surface area contributed by atoms with E-state index in [4.69, 9.17) is 0 Å². The first-order valence-corrected chi connectivity index (χ1v) is 11.7. The summed E-state index contributed by atoms with van der Waals surface area (Å²) < 4.78 is 28.9. The van der Waals surface area contributed by atoms with Crippen LogP contribution in [0, 0.1) is 5.92 Å². The van der Waals surface area contributed by atoms with Gasteiger partial charge in [-0.1, -0.05) is 6.92 Å². The van der Waals surface area contributed by atoms with Gasteiger partial charge in [0, 0.05) is 43.3 Å². The Balaban J connectivity index is 1.40. The normalized spacial score (nSPS) is 15.6. The minimum atomic E-state index is -3.53. The molecule has 0 atom stereocenters. The highest BCUT2D eigenvalue weighted by atomic mass is 32.2. The van der Waals surface area contributed by atoms with Crippen LogP contribution in [0.15, 0.2) is 66.0 Å². The maximum absolute atomic E-state index is 12.8. The van der Waals surface area contributed by atoms with Crippen molar-refractivity contribution in [3.05, 3.63) is 72.2 Å².